The predicted molar refractivity (Wildman–Crippen MR) is 312 cm³/mol. The Kier molecular flexibility index (Phi) is 9.39. The van der Waals surface area contributed by atoms with Crippen molar-refractivity contribution in [1.29, 1.82) is 0 Å². The first-order chi connectivity index (χ1) is 37.7. The van der Waals surface area contributed by atoms with Gasteiger partial charge in [-0.05, 0) is 134 Å². The third-order valence-corrected chi connectivity index (χ3v) is 16.0. The van der Waals surface area contributed by atoms with Crippen LogP contribution in [0.5, 0.6) is 0 Å². The number of nitrogens with zero attached hydrogens (tertiary/aromatic N) is 5. The van der Waals surface area contributed by atoms with E-state index in [0.29, 0.717) is 17.5 Å². The Bertz CT molecular complexity index is 4410. The standard InChI is InChI=1S/C71H45N5/c1-3-17-44(18-4-1)69-72-70(45-19-5-2-6-20-45)74-71(73-69)50-37-51(75-65-31-13-11-25-59(65)63-41-48(33-35-67(63)75)55-27-15-29-57-53-23-9-7-21-46(53)39-61(55)57)43-52(38-50)76-66-32-14-12-26-60(66)64-42-49(34-36-68(64)76)56-28-16-30-58-54-24-10-8-22-47(54)40-62(56)58/h1-38,41-43H,39-40H2. The van der Waals surface area contributed by atoms with Crippen molar-refractivity contribution in [3.63, 3.8) is 0 Å². The maximum absolute atomic E-state index is 5.33. The lowest BCUT2D eigenvalue weighted by atomic mass is 9.94. The molecule has 354 valence electrons. The van der Waals surface area contributed by atoms with Crippen LogP contribution in [-0.2, 0) is 12.8 Å². The summed E-state index contributed by atoms with van der Waals surface area (Å²) >= 11 is 0. The molecule has 3 aromatic heterocycles. The van der Waals surface area contributed by atoms with E-state index in [1.165, 1.54) is 88.3 Å². The van der Waals surface area contributed by atoms with Crippen molar-refractivity contribution in [2.75, 3.05) is 0 Å². The Morgan fingerprint density at radius 2 is 0.632 bits per heavy atom. The normalized spacial score (nSPS) is 12.4. The zero-order valence-corrected chi connectivity index (χ0v) is 41.3. The second kappa shape index (κ2) is 16.8. The van der Waals surface area contributed by atoms with Gasteiger partial charge in [-0.2, -0.15) is 0 Å². The number of para-hydroxylation sites is 2. The van der Waals surface area contributed by atoms with Gasteiger partial charge in [-0.1, -0.05) is 194 Å². The Labute approximate surface area is 439 Å². The molecule has 5 nitrogen and oxygen atoms in total. The number of fused-ring (bicyclic) bond motifs is 12. The molecule has 14 aromatic rings. The van der Waals surface area contributed by atoms with E-state index in [9.17, 15) is 0 Å². The fraction of sp³-hybridized carbons (Fsp3) is 0.0282. The fourth-order valence-corrected chi connectivity index (χ4v) is 12.6. The van der Waals surface area contributed by atoms with Crippen molar-refractivity contribution in [1.82, 2.24) is 24.1 Å². The van der Waals surface area contributed by atoms with Crippen molar-refractivity contribution < 1.29 is 0 Å². The minimum absolute atomic E-state index is 0.597. The quantitative estimate of drug-likeness (QED) is 0.160. The lowest BCUT2D eigenvalue weighted by molar-refractivity contribution is 1.07. The van der Waals surface area contributed by atoms with Gasteiger partial charge in [0, 0.05) is 49.6 Å². The minimum atomic E-state index is 0.597. The Hall–Kier alpha value is -9.97. The van der Waals surface area contributed by atoms with Crippen LogP contribution in [0.4, 0.5) is 0 Å². The summed E-state index contributed by atoms with van der Waals surface area (Å²) in [5.41, 5.74) is 25.2. The van der Waals surface area contributed by atoms with Gasteiger partial charge in [0.15, 0.2) is 17.5 Å². The van der Waals surface area contributed by atoms with Gasteiger partial charge in [0.2, 0.25) is 0 Å². The van der Waals surface area contributed by atoms with E-state index in [1.54, 1.807) is 0 Å². The molecule has 0 saturated heterocycles. The molecule has 76 heavy (non-hydrogen) atoms. The zero-order chi connectivity index (χ0) is 49.8. The van der Waals surface area contributed by atoms with Crippen LogP contribution in [0.1, 0.15) is 22.3 Å². The Morgan fingerprint density at radius 3 is 1.12 bits per heavy atom. The average Bonchev–Trinajstić information content (AvgIpc) is 4.31. The first-order valence-corrected chi connectivity index (χ1v) is 26.2. The van der Waals surface area contributed by atoms with Gasteiger partial charge < -0.3 is 9.13 Å². The number of benzene rings is 11. The SMILES string of the molecule is c1ccc(-c2nc(-c3ccccc3)nc(-c3cc(-n4c5ccccc5c5cc(-c6cccc7c6Cc6ccccc6-7)ccc54)cc(-n4c5ccccc5c5cc(-c6cccc7c6Cc6ccccc6-7)ccc54)c3)n2)cc1. The van der Waals surface area contributed by atoms with E-state index in [0.717, 1.165) is 63.0 Å². The van der Waals surface area contributed by atoms with E-state index in [-0.39, 0.29) is 0 Å². The third kappa shape index (κ3) is 6.62. The Morgan fingerprint density at radius 1 is 0.250 bits per heavy atom. The van der Waals surface area contributed by atoms with Crippen molar-refractivity contribution in [3.05, 3.63) is 271 Å². The summed E-state index contributed by atoms with van der Waals surface area (Å²) in [7, 11) is 0. The summed E-state index contributed by atoms with van der Waals surface area (Å²) in [4.78, 5) is 15.8. The number of rotatable bonds is 7. The molecule has 2 aliphatic carbocycles. The molecule has 0 spiro atoms. The molecular weight excluding hydrogens is 923 g/mol. The highest BCUT2D eigenvalue weighted by Crippen LogP contribution is 2.46. The lowest BCUT2D eigenvalue weighted by Gasteiger charge is -2.16. The van der Waals surface area contributed by atoms with Gasteiger partial charge in [-0.25, -0.2) is 15.0 Å². The highest BCUT2D eigenvalue weighted by Gasteiger charge is 2.25. The summed E-state index contributed by atoms with van der Waals surface area (Å²) in [6.07, 6.45) is 1.86. The van der Waals surface area contributed by atoms with Crippen molar-refractivity contribution >= 4 is 43.6 Å². The number of hydrogen-bond donors (Lipinski definition) is 0. The summed E-state index contributed by atoms with van der Waals surface area (Å²) < 4.78 is 4.87. The monoisotopic (exact) mass is 967 g/mol. The van der Waals surface area contributed by atoms with Crippen LogP contribution in [0.2, 0.25) is 0 Å². The molecule has 0 saturated carbocycles. The van der Waals surface area contributed by atoms with Crippen LogP contribution in [0.25, 0.3) is 134 Å². The molecule has 0 aliphatic heterocycles. The zero-order valence-electron chi connectivity index (χ0n) is 41.3. The average molecular weight is 968 g/mol. The summed E-state index contributed by atoms with van der Waals surface area (Å²) in [6.45, 7) is 0. The molecule has 0 unspecified atom stereocenters. The predicted octanol–water partition coefficient (Wildman–Crippen LogP) is 17.5. The first-order valence-electron chi connectivity index (χ1n) is 26.2. The smallest absolute Gasteiger partial charge is 0.164 e. The van der Waals surface area contributed by atoms with E-state index in [4.69, 9.17) is 15.0 Å². The van der Waals surface area contributed by atoms with Crippen LogP contribution < -0.4 is 0 Å². The van der Waals surface area contributed by atoms with Crippen molar-refractivity contribution in [2.24, 2.45) is 0 Å². The minimum Gasteiger partial charge on any atom is -0.309 e. The molecule has 0 bridgehead atoms. The van der Waals surface area contributed by atoms with Crippen LogP contribution in [0, 0.1) is 0 Å². The van der Waals surface area contributed by atoms with Gasteiger partial charge in [-0.3, -0.25) is 0 Å². The largest absolute Gasteiger partial charge is 0.309 e. The lowest BCUT2D eigenvalue weighted by Crippen LogP contribution is -2.03. The molecule has 11 aromatic carbocycles. The summed E-state index contributed by atoms with van der Waals surface area (Å²) in [5, 5.41) is 4.79. The molecule has 0 fully saturated rings. The van der Waals surface area contributed by atoms with Gasteiger partial charge in [0.25, 0.3) is 0 Å². The van der Waals surface area contributed by atoms with Crippen molar-refractivity contribution in [3.8, 4) is 90.0 Å². The molecule has 16 rings (SSSR count). The second-order valence-electron chi connectivity index (χ2n) is 20.3. The second-order valence-corrected chi connectivity index (χ2v) is 20.3. The highest BCUT2D eigenvalue weighted by molar-refractivity contribution is 6.12. The fourth-order valence-electron chi connectivity index (χ4n) is 12.6. The molecule has 0 radical (unpaired) electrons. The van der Waals surface area contributed by atoms with E-state index in [1.807, 2.05) is 36.4 Å². The van der Waals surface area contributed by atoms with Gasteiger partial charge in [-0.15, -0.1) is 0 Å². The van der Waals surface area contributed by atoms with Crippen LogP contribution >= 0.6 is 0 Å². The molecule has 5 heteroatoms. The molecule has 0 amide bonds. The Balaban J connectivity index is 0.931. The van der Waals surface area contributed by atoms with Crippen LogP contribution in [0.3, 0.4) is 0 Å². The van der Waals surface area contributed by atoms with E-state index < -0.39 is 0 Å². The molecular formula is C71H45N5. The third-order valence-electron chi connectivity index (χ3n) is 16.0. The van der Waals surface area contributed by atoms with E-state index in [2.05, 4.69) is 221 Å². The van der Waals surface area contributed by atoms with Crippen LogP contribution in [-0.4, -0.2) is 24.1 Å². The van der Waals surface area contributed by atoms with Gasteiger partial charge in [0.05, 0.1) is 22.1 Å². The van der Waals surface area contributed by atoms with Gasteiger partial charge >= 0.3 is 0 Å². The maximum atomic E-state index is 5.33. The topological polar surface area (TPSA) is 48.5 Å². The maximum Gasteiger partial charge on any atom is 0.164 e. The number of hydrogen-bond acceptors (Lipinski definition) is 3. The van der Waals surface area contributed by atoms with E-state index >= 15 is 0 Å². The van der Waals surface area contributed by atoms with Gasteiger partial charge in [0.1, 0.15) is 0 Å². The molecule has 3 heterocycles. The molecule has 2 aliphatic rings. The summed E-state index contributed by atoms with van der Waals surface area (Å²) in [6, 6.07) is 90.4. The molecule has 0 N–H and O–H groups in total. The van der Waals surface area contributed by atoms with Crippen molar-refractivity contribution in [2.45, 2.75) is 12.8 Å². The summed E-state index contributed by atoms with van der Waals surface area (Å²) in [5.74, 6) is 1.84. The van der Waals surface area contributed by atoms with Crippen LogP contribution in [0.15, 0.2) is 249 Å². The number of aromatic nitrogens is 5. The highest BCUT2D eigenvalue weighted by atomic mass is 15.0. The molecule has 0 atom stereocenters. The first kappa shape index (κ1) is 42.5.